The number of phenols is 2. The van der Waals surface area contributed by atoms with Crippen LogP contribution in [0.2, 0.25) is 0 Å². The summed E-state index contributed by atoms with van der Waals surface area (Å²) in [5.74, 6) is 0.380. The van der Waals surface area contributed by atoms with Crippen molar-refractivity contribution in [1.82, 2.24) is 4.90 Å². The quantitative estimate of drug-likeness (QED) is 0.266. The Morgan fingerprint density at radius 2 is 1.24 bits per heavy atom. The maximum absolute atomic E-state index is 11.1. The van der Waals surface area contributed by atoms with Crippen LogP contribution >= 0.6 is 0 Å². The van der Waals surface area contributed by atoms with Crippen molar-refractivity contribution in [2.24, 2.45) is 9.98 Å². The third-order valence-corrected chi connectivity index (χ3v) is 5.03. The molecule has 0 saturated heterocycles. The maximum Gasteiger partial charge on any atom is 0.163 e. The van der Waals surface area contributed by atoms with Gasteiger partial charge in [0.15, 0.2) is 5.69 Å². The molecule has 3 aromatic rings. The second-order valence-electron chi connectivity index (χ2n) is 7.47. The third-order valence-electron chi connectivity index (χ3n) is 5.03. The van der Waals surface area contributed by atoms with Crippen LogP contribution in [0.1, 0.15) is 16.7 Å². The Morgan fingerprint density at radius 1 is 0.758 bits per heavy atom. The molecule has 1 atom stereocenters. The number of rotatable bonds is 11. The topological polar surface area (TPSA) is 116 Å². The molecule has 0 aliphatic heterocycles. The molecule has 172 valence electrons. The van der Waals surface area contributed by atoms with E-state index >= 15 is 0 Å². The van der Waals surface area contributed by atoms with Crippen LogP contribution in [0.3, 0.4) is 0 Å². The highest BCUT2D eigenvalue weighted by Gasteiger charge is 2.07. The number of hydrogen-bond acceptors (Lipinski definition) is 7. The normalized spacial score (nSPS) is 12.7. The molecule has 0 bridgehead atoms. The lowest BCUT2D eigenvalue weighted by Crippen LogP contribution is -2.99. The summed E-state index contributed by atoms with van der Waals surface area (Å²) >= 11 is 0. The van der Waals surface area contributed by atoms with Crippen molar-refractivity contribution in [3.63, 3.8) is 0 Å². The number of nitrogens with zero attached hydrogens (tertiary/aromatic N) is 3. The first kappa shape index (κ1) is 24.1. The molecule has 0 aliphatic carbocycles. The van der Waals surface area contributed by atoms with E-state index in [0.717, 1.165) is 5.56 Å². The molecule has 3 rings (SSSR count). The van der Waals surface area contributed by atoms with E-state index in [1.807, 2.05) is 24.3 Å². The van der Waals surface area contributed by atoms with E-state index in [4.69, 9.17) is 5.21 Å². The van der Waals surface area contributed by atoms with Crippen LogP contribution in [0.4, 0.5) is 5.69 Å². The average Bonchev–Trinajstić information content (AvgIpc) is 2.81. The first-order chi connectivity index (χ1) is 16.0. The number of aliphatic imine (C=N–C) groups is 2. The van der Waals surface area contributed by atoms with Gasteiger partial charge in [0.25, 0.3) is 0 Å². The minimum atomic E-state index is -0.949. The van der Waals surface area contributed by atoms with Crippen LogP contribution < -0.4 is 5.23 Å². The molecule has 0 aliphatic rings. The molecule has 0 aromatic heterocycles. The van der Waals surface area contributed by atoms with E-state index in [0.29, 0.717) is 43.9 Å². The molecular weight excluding hydrogens is 420 g/mol. The van der Waals surface area contributed by atoms with Gasteiger partial charge in [-0.05, 0) is 29.8 Å². The van der Waals surface area contributed by atoms with E-state index in [1.165, 1.54) is 0 Å². The Morgan fingerprint density at radius 3 is 1.70 bits per heavy atom. The Hall–Kier alpha value is -3.56. The van der Waals surface area contributed by atoms with E-state index in [1.54, 1.807) is 61.0 Å². The van der Waals surface area contributed by atoms with Gasteiger partial charge in [-0.1, -0.05) is 36.4 Å². The molecule has 33 heavy (non-hydrogen) atoms. The van der Waals surface area contributed by atoms with Crippen LogP contribution in [-0.4, -0.2) is 58.9 Å². The van der Waals surface area contributed by atoms with Crippen molar-refractivity contribution < 1.29 is 20.6 Å². The molecule has 0 fully saturated rings. The van der Waals surface area contributed by atoms with Crippen LogP contribution in [0, 0.1) is 5.21 Å². The number of quaternary nitrogens is 1. The highest BCUT2D eigenvalue weighted by Crippen LogP contribution is 2.14. The maximum atomic E-state index is 11.1. The summed E-state index contributed by atoms with van der Waals surface area (Å²) in [6, 6.07) is 20.9. The lowest BCUT2D eigenvalue weighted by Gasteiger charge is -2.21. The molecule has 0 spiro atoms. The van der Waals surface area contributed by atoms with Crippen LogP contribution in [0.5, 0.6) is 11.5 Å². The van der Waals surface area contributed by atoms with Gasteiger partial charge in [0, 0.05) is 55.3 Å². The molecule has 0 radical (unpaired) electrons. The predicted molar refractivity (Wildman–Crippen MR) is 129 cm³/mol. The summed E-state index contributed by atoms with van der Waals surface area (Å²) < 4.78 is 0. The minimum Gasteiger partial charge on any atom is -0.595 e. The monoisotopic (exact) mass is 448 g/mol. The third kappa shape index (κ3) is 7.81. The van der Waals surface area contributed by atoms with Gasteiger partial charge in [-0.25, -0.2) is 5.21 Å². The number of aromatic hydroxyl groups is 2. The average molecular weight is 449 g/mol. The van der Waals surface area contributed by atoms with Crippen molar-refractivity contribution >= 4 is 18.1 Å². The van der Waals surface area contributed by atoms with Gasteiger partial charge in [0.2, 0.25) is 0 Å². The fraction of sp³-hybridized carbons (Fsp3) is 0.200. The Kier molecular flexibility index (Phi) is 9.10. The van der Waals surface area contributed by atoms with Crippen molar-refractivity contribution in [1.29, 1.82) is 0 Å². The number of hydrogen-bond donors (Lipinski definition) is 4. The largest absolute Gasteiger partial charge is 0.595 e. The fourth-order valence-corrected chi connectivity index (χ4v) is 3.20. The first-order valence-electron chi connectivity index (χ1n) is 10.6. The lowest BCUT2D eigenvalue weighted by molar-refractivity contribution is -0.991. The first-order valence-corrected chi connectivity index (χ1v) is 10.6. The van der Waals surface area contributed by atoms with Gasteiger partial charge >= 0.3 is 0 Å². The number of nitrogens with one attached hydrogen (secondary N) is 1. The van der Waals surface area contributed by atoms with E-state index < -0.39 is 5.23 Å². The summed E-state index contributed by atoms with van der Waals surface area (Å²) in [5.41, 5.74) is 2.58. The number of para-hydroxylation sites is 2. The van der Waals surface area contributed by atoms with E-state index in [2.05, 4.69) is 14.9 Å². The predicted octanol–water partition coefficient (Wildman–Crippen LogP) is 2.54. The number of phenolic OH excluding ortho intramolecular Hbond substituents is 2. The van der Waals surface area contributed by atoms with Crippen molar-refractivity contribution in [2.45, 2.75) is 6.54 Å². The second kappa shape index (κ2) is 12.5. The summed E-state index contributed by atoms with van der Waals surface area (Å²) in [6.45, 7) is 3.02. The number of benzene rings is 3. The van der Waals surface area contributed by atoms with Gasteiger partial charge in [0.1, 0.15) is 11.5 Å². The molecule has 8 heteroatoms. The Bertz CT molecular complexity index is 1010. The Balaban J connectivity index is 1.60. The van der Waals surface area contributed by atoms with Crippen LogP contribution in [0.15, 0.2) is 82.8 Å². The van der Waals surface area contributed by atoms with E-state index in [9.17, 15) is 15.4 Å². The van der Waals surface area contributed by atoms with Crippen molar-refractivity contribution in [2.75, 3.05) is 26.2 Å². The molecule has 0 saturated carbocycles. The zero-order valence-corrected chi connectivity index (χ0v) is 18.2. The van der Waals surface area contributed by atoms with Gasteiger partial charge < -0.3 is 15.4 Å². The van der Waals surface area contributed by atoms with Crippen molar-refractivity contribution in [3.05, 3.63) is 94.7 Å². The molecule has 0 heterocycles. The summed E-state index contributed by atoms with van der Waals surface area (Å²) in [7, 11) is 0. The molecule has 4 N–H and O–H groups in total. The highest BCUT2D eigenvalue weighted by molar-refractivity contribution is 5.83. The SMILES string of the molecule is [O-][NH+](O)c1ccc(CN(CCN=Cc2ccccc2O)CCN=Cc2ccccc2O)cc1. The van der Waals surface area contributed by atoms with Gasteiger partial charge in [-0.15, -0.1) is 0 Å². The molecular formula is C25H28N4O4. The standard InChI is InChI=1S/C25H28N4O4/c30-24-7-3-1-5-21(24)17-26-13-15-28(19-20-9-11-23(12-10-20)29(32)33)16-14-27-18-22-6-2-4-8-25(22)31/h1-12,17-18,29-32H,13-16,19H2. The molecule has 3 aromatic carbocycles. The van der Waals surface area contributed by atoms with Crippen molar-refractivity contribution in [3.8, 4) is 11.5 Å². The summed E-state index contributed by atoms with van der Waals surface area (Å²) in [5, 5.41) is 38.9. The second-order valence-corrected chi connectivity index (χ2v) is 7.47. The van der Waals surface area contributed by atoms with Crippen LogP contribution in [-0.2, 0) is 6.54 Å². The van der Waals surface area contributed by atoms with Gasteiger partial charge in [-0.2, -0.15) is 5.23 Å². The lowest BCUT2D eigenvalue weighted by atomic mass is 10.2. The zero-order chi connectivity index (χ0) is 23.5. The Labute approximate surface area is 192 Å². The molecule has 8 nitrogen and oxygen atoms in total. The van der Waals surface area contributed by atoms with E-state index in [-0.39, 0.29) is 17.2 Å². The smallest absolute Gasteiger partial charge is 0.163 e. The van der Waals surface area contributed by atoms with Crippen LogP contribution in [0.25, 0.3) is 0 Å². The highest BCUT2D eigenvalue weighted by atomic mass is 16.8. The van der Waals surface area contributed by atoms with Gasteiger partial charge in [0.05, 0.1) is 13.1 Å². The zero-order valence-electron chi connectivity index (χ0n) is 18.2. The summed E-state index contributed by atoms with van der Waals surface area (Å²) in [4.78, 5) is 11.0. The van der Waals surface area contributed by atoms with Gasteiger partial charge in [-0.3, -0.25) is 14.9 Å². The molecule has 0 amide bonds. The minimum absolute atomic E-state index is 0.190. The summed E-state index contributed by atoms with van der Waals surface area (Å²) in [6.07, 6.45) is 3.32. The fourth-order valence-electron chi connectivity index (χ4n) is 3.20. The molecule has 1 unspecified atom stereocenters.